The predicted octanol–water partition coefficient (Wildman–Crippen LogP) is 2.93. The lowest BCUT2D eigenvalue weighted by molar-refractivity contribution is -0.123. The standard InChI is InChI=1S/C22H25N3O2/c26-21-15-25(20-9-5-4-8-19(20)23-21)22(27)16-24-12-10-18(11-13-24)14-17-6-2-1-3-7-17/h1-9,18H,10-16H2,(H,23,26). The van der Waals surface area contributed by atoms with Crippen LogP contribution in [0.2, 0.25) is 0 Å². The SMILES string of the molecule is O=C1CN(C(=O)CN2CCC(Cc3ccccc3)CC2)c2ccccc2N1. The van der Waals surface area contributed by atoms with E-state index in [0.29, 0.717) is 18.2 Å². The number of anilines is 2. The van der Waals surface area contributed by atoms with E-state index in [9.17, 15) is 9.59 Å². The second-order valence-electron chi connectivity index (χ2n) is 7.45. The fraction of sp³-hybridized carbons (Fsp3) is 0.364. The summed E-state index contributed by atoms with van der Waals surface area (Å²) in [6.45, 7) is 2.34. The summed E-state index contributed by atoms with van der Waals surface area (Å²) in [5.74, 6) is 0.544. The molecular weight excluding hydrogens is 338 g/mol. The quantitative estimate of drug-likeness (QED) is 0.909. The summed E-state index contributed by atoms with van der Waals surface area (Å²) in [6, 6.07) is 18.1. The van der Waals surface area contributed by atoms with Gasteiger partial charge in [-0.2, -0.15) is 0 Å². The maximum absolute atomic E-state index is 12.9. The van der Waals surface area contributed by atoms with Gasteiger partial charge in [0.2, 0.25) is 11.8 Å². The van der Waals surface area contributed by atoms with Gasteiger partial charge in [-0.25, -0.2) is 0 Å². The fourth-order valence-electron chi connectivity index (χ4n) is 4.03. The number of fused-ring (bicyclic) bond motifs is 1. The monoisotopic (exact) mass is 363 g/mol. The highest BCUT2D eigenvalue weighted by atomic mass is 16.2. The maximum atomic E-state index is 12.9. The molecule has 140 valence electrons. The van der Waals surface area contributed by atoms with Gasteiger partial charge in [0.05, 0.1) is 17.9 Å². The first-order valence-corrected chi connectivity index (χ1v) is 9.64. The number of nitrogens with zero attached hydrogens (tertiary/aromatic N) is 2. The Morgan fingerprint density at radius 3 is 2.48 bits per heavy atom. The molecule has 2 amide bonds. The molecule has 0 aliphatic carbocycles. The molecule has 1 saturated heterocycles. The number of hydrogen-bond acceptors (Lipinski definition) is 3. The molecule has 0 bridgehead atoms. The first-order chi connectivity index (χ1) is 13.2. The van der Waals surface area contributed by atoms with Gasteiger partial charge >= 0.3 is 0 Å². The van der Waals surface area contributed by atoms with Gasteiger partial charge in [0.15, 0.2) is 0 Å². The number of amides is 2. The van der Waals surface area contributed by atoms with E-state index in [1.807, 2.05) is 24.3 Å². The second-order valence-corrected chi connectivity index (χ2v) is 7.45. The van der Waals surface area contributed by atoms with E-state index >= 15 is 0 Å². The number of rotatable bonds is 4. The minimum Gasteiger partial charge on any atom is -0.323 e. The van der Waals surface area contributed by atoms with Crippen molar-refractivity contribution in [3.8, 4) is 0 Å². The molecule has 0 radical (unpaired) electrons. The van der Waals surface area contributed by atoms with Crippen LogP contribution in [0.3, 0.4) is 0 Å². The van der Waals surface area contributed by atoms with Crippen molar-refractivity contribution in [2.24, 2.45) is 5.92 Å². The van der Waals surface area contributed by atoms with Crippen LogP contribution in [0.1, 0.15) is 18.4 Å². The van der Waals surface area contributed by atoms with E-state index < -0.39 is 0 Å². The van der Waals surface area contributed by atoms with Crippen LogP contribution < -0.4 is 10.2 Å². The van der Waals surface area contributed by atoms with Crippen molar-refractivity contribution in [2.45, 2.75) is 19.3 Å². The molecule has 5 heteroatoms. The zero-order valence-corrected chi connectivity index (χ0v) is 15.4. The molecule has 5 nitrogen and oxygen atoms in total. The average molecular weight is 363 g/mol. The highest BCUT2D eigenvalue weighted by Gasteiger charge is 2.29. The summed E-state index contributed by atoms with van der Waals surface area (Å²) in [6.07, 6.45) is 3.33. The Morgan fingerprint density at radius 2 is 1.70 bits per heavy atom. The highest BCUT2D eigenvalue weighted by Crippen LogP contribution is 2.29. The third kappa shape index (κ3) is 4.19. The van der Waals surface area contributed by atoms with E-state index in [1.165, 1.54) is 5.56 Å². The third-order valence-corrected chi connectivity index (χ3v) is 5.50. The zero-order chi connectivity index (χ0) is 18.6. The van der Waals surface area contributed by atoms with Gasteiger partial charge in [0.25, 0.3) is 0 Å². The van der Waals surface area contributed by atoms with Gasteiger partial charge in [-0.1, -0.05) is 42.5 Å². The van der Waals surface area contributed by atoms with Crippen LogP contribution in [0.4, 0.5) is 11.4 Å². The summed E-state index contributed by atoms with van der Waals surface area (Å²) < 4.78 is 0. The van der Waals surface area contributed by atoms with E-state index in [2.05, 4.69) is 40.5 Å². The lowest BCUT2D eigenvalue weighted by atomic mass is 9.90. The van der Waals surface area contributed by atoms with Crippen LogP contribution in [0.25, 0.3) is 0 Å². The summed E-state index contributed by atoms with van der Waals surface area (Å²) in [4.78, 5) is 28.6. The van der Waals surface area contributed by atoms with Gasteiger partial charge in [-0.3, -0.25) is 19.4 Å². The number of para-hydroxylation sites is 2. The molecule has 2 aliphatic rings. The van der Waals surface area contributed by atoms with E-state index in [-0.39, 0.29) is 18.4 Å². The molecule has 1 N–H and O–H groups in total. The minimum atomic E-state index is -0.136. The van der Waals surface area contributed by atoms with Crippen LogP contribution in [0.15, 0.2) is 54.6 Å². The number of benzene rings is 2. The van der Waals surface area contributed by atoms with Crippen molar-refractivity contribution in [3.63, 3.8) is 0 Å². The molecule has 0 saturated carbocycles. The smallest absolute Gasteiger partial charge is 0.244 e. The topological polar surface area (TPSA) is 52.7 Å². The Hall–Kier alpha value is -2.66. The number of carbonyl (C=O) groups is 2. The van der Waals surface area contributed by atoms with Crippen molar-refractivity contribution in [1.29, 1.82) is 0 Å². The van der Waals surface area contributed by atoms with Crippen LogP contribution in [0, 0.1) is 5.92 Å². The fourth-order valence-corrected chi connectivity index (χ4v) is 4.03. The normalized spacial score (nSPS) is 18.1. The number of carbonyl (C=O) groups excluding carboxylic acids is 2. The first kappa shape index (κ1) is 17.7. The molecule has 27 heavy (non-hydrogen) atoms. The Labute approximate surface area is 160 Å². The molecule has 0 spiro atoms. The van der Waals surface area contributed by atoms with Crippen LogP contribution in [-0.4, -0.2) is 42.9 Å². The van der Waals surface area contributed by atoms with Crippen molar-refractivity contribution in [3.05, 3.63) is 60.2 Å². The van der Waals surface area contributed by atoms with Crippen molar-refractivity contribution in [1.82, 2.24) is 4.90 Å². The molecule has 2 heterocycles. The van der Waals surface area contributed by atoms with Crippen molar-refractivity contribution < 1.29 is 9.59 Å². The van der Waals surface area contributed by atoms with E-state index in [4.69, 9.17) is 0 Å². The molecular formula is C22H25N3O2. The second kappa shape index (κ2) is 7.92. The molecule has 2 aromatic carbocycles. The van der Waals surface area contributed by atoms with Crippen molar-refractivity contribution in [2.75, 3.05) is 36.4 Å². The predicted molar refractivity (Wildman–Crippen MR) is 107 cm³/mol. The first-order valence-electron chi connectivity index (χ1n) is 9.64. The van der Waals surface area contributed by atoms with Gasteiger partial charge in [-0.05, 0) is 56.0 Å². The maximum Gasteiger partial charge on any atom is 0.244 e. The summed E-state index contributed by atoms with van der Waals surface area (Å²) in [5.41, 5.74) is 2.90. The van der Waals surface area contributed by atoms with E-state index in [1.54, 1.807) is 4.90 Å². The molecule has 4 rings (SSSR count). The lowest BCUT2D eigenvalue weighted by Crippen LogP contribution is -2.48. The summed E-state index contributed by atoms with van der Waals surface area (Å²) in [5, 5.41) is 2.83. The van der Waals surface area contributed by atoms with Crippen LogP contribution in [0.5, 0.6) is 0 Å². The number of nitrogens with one attached hydrogen (secondary N) is 1. The number of likely N-dealkylation sites (tertiary alicyclic amines) is 1. The zero-order valence-electron chi connectivity index (χ0n) is 15.4. The lowest BCUT2D eigenvalue weighted by Gasteiger charge is -2.34. The van der Waals surface area contributed by atoms with Gasteiger partial charge in [0.1, 0.15) is 6.54 Å². The molecule has 2 aliphatic heterocycles. The van der Waals surface area contributed by atoms with Gasteiger partial charge in [-0.15, -0.1) is 0 Å². The third-order valence-electron chi connectivity index (χ3n) is 5.50. The Balaban J connectivity index is 1.33. The van der Waals surface area contributed by atoms with E-state index in [0.717, 1.165) is 38.0 Å². The summed E-state index contributed by atoms with van der Waals surface area (Å²) in [7, 11) is 0. The molecule has 1 fully saturated rings. The van der Waals surface area contributed by atoms with Crippen molar-refractivity contribution >= 4 is 23.2 Å². The Kier molecular flexibility index (Phi) is 5.21. The average Bonchev–Trinajstić information content (AvgIpc) is 2.69. The minimum absolute atomic E-state index is 0.00110. The van der Waals surface area contributed by atoms with Crippen LogP contribution in [-0.2, 0) is 16.0 Å². The Bertz CT molecular complexity index is 813. The largest absolute Gasteiger partial charge is 0.323 e. The molecule has 2 aromatic rings. The molecule has 0 aromatic heterocycles. The number of piperidine rings is 1. The number of hydrogen-bond donors (Lipinski definition) is 1. The Morgan fingerprint density at radius 1 is 1.00 bits per heavy atom. The highest BCUT2D eigenvalue weighted by molar-refractivity contribution is 6.10. The molecule has 0 unspecified atom stereocenters. The van der Waals surface area contributed by atoms with Gasteiger partial charge in [0, 0.05) is 0 Å². The van der Waals surface area contributed by atoms with Gasteiger partial charge < -0.3 is 5.32 Å². The summed E-state index contributed by atoms with van der Waals surface area (Å²) >= 11 is 0. The van der Waals surface area contributed by atoms with Crippen LogP contribution >= 0.6 is 0 Å². The molecule has 0 atom stereocenters.